The topological polar surface area (TPSA) is 135 Å². The van der Waals surface area contributed by atoms with Crippen molar-refractivity contribution >= 4 is 29.4 Å². The number of guanidine groups is 1. The highest BCUT2D eigenvalue weighted by Gasteiger charge is 2.22. The van der Waals surface area contributed by atoms with Crippen molar-refractivity contribution in [3.63, 3.8) is 0 Å². The second-order valence-electron chi connectivity index (χ2n) is 8.01. The molecule has 2 aliphatic rings. The summed E-state index contributed by atoms with van der Waals surface area (Å²) in [6.45, 7) is 5.51. The van der Waals surface area contributed by atoms with Crippen LogP contribution in [-0.4, -0.2) is 74.5 Å². The Labute approximate surface area is 197 Å². The maximum atomic E-state index is 15.1. The third kappa shape index (κ3) is 5.81. The number of anilines is 3. The van der Waals surface area contributed by atoms with E-state index in [0.717, 1.165) is 31.8 Å². The largest absolute Gasteiger partial charge is 0.443 e. The Balaban J connectivity index is 1.34. The van der Waals surface area contributed by atoms with Gasteiger partial charge in [-0.2, -0.15) is 0 Å². The Morgan fingerprint density at radius 3 is 2.50 bits per heavy atom. The molecule has 0 bridgehead atoms. The number of nitrogens with two attached hydrogens (primary N) is 2. The first-order valence-corrected chi connectivity index (χ1v) is 11.2. The van der Waals surface area contributed by atoms with E-state index in [1.165, 1.54) is 0 Å². The second-order valence-corrected chi connectivity index (χ2v) is 8.01. The Hall–Kier alpha value is -3.67. The molecule has 3 heterocycles. The highest BCUT2D eigenvalue weighted by Crippen LogP contribution is 2.26. The molecule has 1 aromatic carbocycles. The minimum atomic E-state index is -0.962. The average Bonchev–Trinajstić information content (AvgIpc) is 3.13. The zero-order valence-electron chi connectivity index (χ0n) is 18.9. The number of ether oxygens (including phenoxy) is 2. The predicted molar refractivity (Wildman–Crippen MR) is 127 cm³/mol. The molecule has 12 heteroatoms. The zero-order valence-corrected chi connectivity index (χ0v) is 18.9. The molecule has 182 valence electrons. The SMILES string of the molecule is NC(N)=NC(=O)OCc1cccc(N2CCN(c3cnc(N4CCCOCC4)nc3)CC2)c1F. The normalized spacial score (nSPS) is 16.7. The number of hydrogen-bond acceptors (Lipinski definition) is 8. The molecular formula is C22H29FN8O3. The number of carbonyl (C=O) groups excluding carboxylic acids is 1. The summed E-state index contributed by atoms with van der Waals surface area (Å²) in [6, 6.07) is 5.01. The maximum absolute atomic E-state index is 15.1. The van der Waals surface area contributed by atoms with E-state index < -0.39 is 17.9 Å². The van der Waals surface area contributed by atoms with E-state index in [4.69, 9.17) is 20.9 Å². The van der Waals surface area contributed by atoms with Gasteiger partial charge in [0.05, 0.1) is 30.4 Å². The van der Waals surface area contributed by atoms with Crippen molar-refractivity contribution in [2.45, 2.75) is 13.0 Å². The van der Waals surface area contributed by atoms with E-state index in [1.807, 2.05) is 17.3 Å². The van der Waals surface area contributed by atoms with E-state index in [1.54, 1.807) is 18.2 Å². The molecule has 11 nitrogen and oxygen atoms in total. The van der Waals surface area contributed by atoms with Gasteiger partial charge in [-0.05, 0) is 12.5 Å². The number of halogens is 1. The number of benzene rings is 1. The quantitative estimate of drug-likeness (QED) is 0.481. The fraction of sp³-hybridized carbons (Fsp3) is 0.455. The van der Waals surface area contributed by atoms with Crippen LogP contribution in [0.1, 0.15) is 12.0 Å². The maximum Gasteiger partial charge on any atom is 0.437 e. The number of hydrogen-bond donors (Lipinski definition) is 2. The lowest BCUT2D eigenvalue weighted by Gasteiger charge is -2.37. The molecule has 0 spiro atoms. The van der Waals surface area contributed by atoms with Crippen molar-refractivity contribution < 1.29 is 18.7 Å². The third-order valence-corrected chi connectivity index (χ3v) is 5.75. The molecule has 1 aromatic heterocycles. The second kappa shape index (κ2) is 11.0. The highest BCUT2D eigenvalue weighted by molar-refractivity contribution is 5.87. The Kier molecular flexibility index (Phi) is 7.58. The summed E-state index contributed by atoms with van der Waals surface area (Å²) in [5, 5.41) is 0. The van der Waals surface area contributed by atoms with Gasteiger partial charge in [-0.1, -0.05) is 12.1 Å². The first kappa shape index (κ1) is 23.5. The summed E-state index contributed by atoms with van der Waals surface area (Å²) >= 11 is 0. The molecule has 0 radical (unpaired) electrons. The fourth-order valence-corrected chi connectivity index (χ4v) is 3.99. The van der Waals surface area contributed by atoms with Crippen LogP contribution in [0.25, 0.3) is 0 Å². The molecule has 2 fully saturated rings. The number of rotatable bonds is 5. The molecular weight excluding hydrogens is 443 g/mol. The summed E-state index contributed by atoms with van der Waals surface area (Å²) in [5.74, 6) is -0.122. The van der Waals surface area contributed by atoms with Crippen molar-refractivity contribution in [2.24, 2.45) is 16.5 Å². The van der Waals surface area contributed by atoms with Gasteiger partial charge in [0, 0.05) is 51.4 Å². The zero-order chi connectivity index (χ0) is 23.9. The van der Waals surface area contributed by atoms with Gasteiger partial charge in [0.15, 0.2) is 11.8 Å². The monoisotopic (exact) mass is 472 g/mol. The summed E-state index contributed by atoms with van der Waals surface area (Å²) in [6.07, 6.45) is 3.69. The van der Waals surface area contributed by atoms with Gasteiger partial charge < -0.3 is 35.6 Å². The molecule has 4 N–H and O–H groups in total. The molecule has 0 aliphatic carbocycles. The summed E-state index contributed by atoms with van der Waals surface area (Å²) in [4.78, 5) is 30.2. The Bertz CT molecular complexity index is 1000. The summed E-state index contributed by atoms with van der Waals surface area (Å²) < 4.78 is 25.5. The van der Waals surface area contributed by atoms with Crippen molar-refractivity contribution in [1.82, 2.24) is 9.97 Å². The van der Waals surface area contributed by atoms with Crippen LogP contribution < -0.4 is 26.2 Å². The van der Waals surface area contributed by atoms with Gasteiger partial charge in [-0.25, -0.2) is 19.2 Å². The van der Waals surface area contributed by atoms with Gasteiger partial charge in [-0.15, -0.1) is 4.99 Å². The summed E-state index contributed by atoms with van der Waals surface area (Å²) in [7, 11) is 0. The lowest BCUT2D eigenvalue weighted by molar-refractivity contribution is 0.149. The first-order chi connectivity index (χ1) is 16.5. The van der Waals surface area contributed by atoms with Crippen molar-refractivity contribution in [1.29, 1.82) is 0 Å². The van der Waals surface area contributed by atoms with E-state index >= 15 is 4.39 Å². The van der Waals surface area contributed by atoms with Crippen molar-refractivity contribution in [3.8, 4) is 0 Å². The lowest BCUT2D eigenvalue weighted by atomic mass is 10.1. The number of aromatic nitrogens is 2. The predicted octanol–water partition coefficient (Wildman–Crippen LogP) is 1.08. The standard InChI is InChI=1S/C22H29FN8O3/c23-19-16(15-34-22(32)28-20(24)25)3-1-4-18(19)30-8-6-29(7-9-30)17-13-26-21(27-14-17)31-5-2-11-33-12-10-31/h1,3-4,13-14H,2,5-12,15H2,(H4,24,25,28,32). The molecule has 0 saturated carbocycles. The Morgan fingerprint density at radius 1 is 1.03 bits per heavy atom. The summed E-state index contributed by atoms with van der Waals surface area (Å²) in [5.41, 5.74) is 11.9. The molecule has 0 unspecified atom stereocenters. The average molecular weight is 473 g/mol. The smallest absolute Gasteiger partial charge is 0.437 e. The number of nitrogens with zero attached hydrogens (tertiary/aromatic N) is 6. The van der Waals surface area contributed by atoms with Crippen LogP contribution in [0.15, 0.2) is 35.6 Å². The van der Waals surface area contributed by atoms with Gasteiger partial charge in [0.1, 0.15) is 6.61 Å². The number of aliphatic imine (C=N–C) groups is 1. The lowest BCUT2D eigenvalue weighted by Crippen LogP contribution is -2.47. The molecule has 34 heavy (non-hydrogen) atoms. The fourth-order valence-electron chi connectivity index (χ4n) is 3.99. The van der Waals surface area contributed by atoms with Gasteiger partial charge in [0.2, 0.25) is 5.95 Å². The van der Waals surface area contributed by atoms with E-state index in [0.29, 0.717) is 44.4 Å². The molecule has 4 rings (SSSR count). The van der Waals surface area contributed by atoms with Gasteiger partial charge in [0.25, 0.3) is 0 Å². The van der Waals surface area contributed by atoms with Crippen LogP contribution in [0.5, 0.6) is 0 Å². The van der Waals surface area contributed by atoms with E-state index in [9.17, 15) is 4.79 Å². The van der Waals surface area contributed by atoms with Crippen molar-refractivity contribution in [3.05, 3.63) is 42.0 Å². The third-order valence-electron chi connectivity index (χ3n) is 5.75. The molecule has 0 atom stereocenters. The minimum Gasteiger partial charge on any atom is -0.443 e. The number of piperazine rings is 1. The minimum absolute atomic E-state index is 0.252. The van der Waals surface area contributed by atoms with Crippen LogP contribution in [0.3, 0.4) is 0 Å². The van der Waals surface area contributed by atoms with Crippen LogP contribution in [0, 0.1) is 5.82 Å². The van der Waals surface area contributed by atoms with Gasteiger partial charge in [-0.3, -0.25) is 0 Å². The van der Waals surface area contributed by atoms with Crippen LogP contribution in [0.4, 0.5) is 26.5 Å². The van der Waals surface area contributed by atoms with Crippen LogP contribution >= 0.6 is 0 Å². The van der Waals surface area contributed by atoms with Crippen molar-refractivity contribution in [2.75, 3.05) is 67.2 Å². The first-order valence-electron chi connectivity index (χ1n) is 11.2. The highest BCUT2D eigenvalue weighted by atomic mass is 19.1. The van der Waals surface area contributed by atoms with E-state index in [-0.39, 0.29) is 12.2 Å². The molecule has 2 aliphatic heterocycles. The van der Waals surface area contributed by atoms with Gasteiger partial charge >= 0.3 is 6.09 Å². The molecule has 1 amide bonds. The van der Waals surface area contributed by atoms with Crippen LogP contribution in [-0.2, 0) is 16.1 Å². The number of amides is 1. The number of carbonyl (C=O) groups is 1. The Morgan fingerprint density at radius 2 is 1.76 bits per heavy atom. The molecule has 2 saturated heterocycles. The molecule has 2 aromatic rings. The van der Waals surface area contributed by atoms with Crippen LogP contribution in [0.2, 0.25) is 0 Å². The van der Waals surface area contributed by atoms with E-state index in [2.05, 4.69) is 24.8 Å².